The first kappa shape index (κ1) is 19.2. The monoisotopic (exact) mass is 364 g/mol. The number of thiophene rings is 1. The Morgan fingerprint density at radius 3 is 2.44 bits per heavy atom. The van der Waals surface area contributed by atoms with Gasteiger partial charge in [-0.25, -0.2) is 4.79 Å². The number of aryl methyl sites for hydroxylation is 1. The molecule has 6 nitrogen and oxygen atoms in total. The van der Waals surface area contributed by atoms with E-state index in [0.29, 0.717) is 23.4 Å². The van der Waals surface area contributed by atoms with Crippen LogP contribution < -0.4 is 10.4 Å². The molecule has 0 aromatic carbocycles. The van der Waals surface area contributed by atoms with E-state index in [1.165, 1.54) is 11.3 Å². The lowest BCUT2D eigenvalue weighted by Gasteiger charge is -2.28. The standard InChI is InChI=1S/C18H23NO5S/c1-4-11-10(3)25-16(14(11)18(23)24-5-2)19-15(20)12-8-6-7-9-13(12)17(21)22/h6-7,12-13H,4-5,8-9H2,1-3H3,(H,19,20)(H,21,22)/p-1/t12-,13-/m0/s1. The van der Waals surface area contributed by atoms with Crippen LogP contribution in [0.3, 0.4) is 0 Å². The molecule has 25 heavy (non-hydrogen) atoms. The van der Waals surface area contributed by atoms with E-state index >= 15 is 0 Å². The normalized spacial score (nSPS) is 19.5. The molecule has 136 valence electrons. The third kappa shape index (κ3) is 4.10. The summed E-state index contributed by atoms with van der Waals surface area (Å²) in [6, 6.07) is 0. The van der Waals surface area contributed by atoms with Crippen LogP contribution in [0.2, 0.25) is 0 Å². The molecule has 1 aliphatic rings. The van der Waals surface area contributed by atoms with Crippen molar-refractivity contribution in [1.82, 2.24) is 0 Å². The molecule has 0 aliphatic heterocycles. The minimum atomic E-state index is -1.23. The quantitative estimate of drug-likeness (QED) is 0.616. The maximum atomic E-state index is 12.6. The number of anilines is 1. The predicted octanol–water partition coefficient (Wildman–Crippen LogP) is 2.07. The fraction of sp³-hybridized carbons (Fsp3) is 0.500. The Balaban J connectivity index is 2.30. The molecule has 0 radical (unpaired) electrons. The Kier molecular flexibility index (Phi) is 6.36. The number of rotatable bonds is 6. The van der Waals surface area contributed by atoms with E-state index in [2.05, 4.69) is 5.32 Å². The molecule has 1 aromatic heterocycles. The second-order valence-corrected chi connectivity index (χ2v) is 7.10. The number of carbonyl (C=O) groups excluding carboxylic acids is 3. The second kappa shape index (κ2) is 8.29. The van der Waals surface area contributed by atoms with Crippen molar-refractivity contribution in [3.05, 3.63) is 28.2 Å². The van der Waals surface area contributed by atoms with Gasteiger partial charge in [0, 0.05) is 16.8 Å². The molecular weight excluding hydrogens is 342 g/mol. The van der Waals surface area contributed by atoms with Crippen LogP contribution in [0.15, 0.2) is 12.2 Å². The van der Waals surface area contributed by atoms with Crippen molar-refractivity contribution in [2.75, 3.05) is 11.9 Å². The van der Waals surface area contributed by atoms with Crippen molar-refractivity contribution in [3.63, 3.8) is 0 Å². The van der Waals surface area contributed by atoms with Crippen LogP contribution in [-0.4, -0.2) is 24.5 Å². The summed E-state index contributed by atoms with van der Waals surface area (Å²) in [5, 5.41) is 14.5. The summed E-state index contributed by atoms with van der Waals surface area (Å²) in [6.45, 7) is 5.78. The summed E-state index contributed by atoms with van der Waals surface area (Å²) in [7, 11) is 0. The Morgan fingerprint density at radius 1 is 1.24 bits per heavy atom. The first-order valence-corrected chi connectivity index (χ1v) is 9.18. The van der Waals surface area contributed by atoms with Gasteiger partial charge < -0.3 is 20.0 Å². The van der Waals surface area contributed by atoms with Gasteiger partial charge in [-0.15, -0.1) is 11.3 Å². The highest BCUT2D eigenvalue weighted by molar-refractivity contribution is 7.16. The summed E-state index contributed by atoms with van der Waals surface area (Å²) >= 11 is 1.31. The SMILES string of the molecule is CCOC(=O)c1c(NC(=O)[C@H]2CC=CC[C@@H]2C(=O)[O-])sc(C)c1CC. The smallest absolute Gasteiger partial charge is 0.341 e. The topological polar surface area (TPSA) is 95.5 Å². The number of carboxylic acid groups (broad SMARTS) is 1. The number of ether oxygens (including phenoxy) is 1. The molecule has 7 heteroatoms. The number of hydrogen-bond acceptors (Lipinski definition) is 6. The van der Waals surface area contributed by atoms with Crippen LogP contribution in [0, 0.1) is 18.8 Å². The number of esters is 1. The predicted molar refractivity (Wildman–Crippen MR) is 93.4 cm³/mol. The first-order chi connectivity index (χ1) is 11.9. The van der Waals surface area contributed by atoms with Gasteiger partial charge in [-0.1, -0.05) is 19.1 Å². The summed E-state index contributed by atoms with van der Waals surface area (Å²) in [5.74, 6) is -3.68. The number of carbonyl (C=O) groups is 3. The summed E-state index contributed by atoms with van der Waals surface area (Å²) in [5.41, 5.74) is 1.22. The second-order valence-electron chi connectivity index (χ2n) is 5.88. The average Bonchev–Trinajstić information content (AvgIpc) is 2.90. The van der Waals surface area contributed by atoms with Gasteiger partial charge in [0.15, 0.2) is 0 Å². The van der Waals surface area contributed by atoms with Gasteiger partial charge in [-0.2, -0.15) is 0 Å². The number of carboxylic acids is 1. The van der Waals surface area contributed by atoms with E-state index < -0.39 is 29.7 Å². The molecule has 1 aromatic rings. The van der Waals surface area contributed by atoms with E-state index in [1.54, 1.807) is 19.1 Å². The van der Waals surface area contributed by atoms with Crippen molar-refractivity contribution in [3.8, 4) is 0 Å². The maximum absolute atomic E-state index is 12.6. The largest absolute Gasteiger partial charge is 0.550 e. The first-order valence-electron chi connectivity index (χ1n) is 8.36. The molecule has 2 atom stereocenters. The van der Waals surface area contributed by atoms with Crippen molar-refractivity contribution in [1.29, 1.82) is 0 Å². The van der Waals surface area contributed by atoms with Crippen molar-refractivity contribution in [2.24, 2.45) is 11.8 Å². The number of amides is 1. The van der Waals surface area contributed by atoms with Gasteiger partial charge in [0.1, 0.15) is 5.00 Å². The number of hydrogen-bond donors (Lipinski definition) is 1. The van der Waals surface area contributed by atoms with E-state index in [1.807, 2.05) is 13.8 Å². The number of aliphatic carboxylic acids is 1. The maximum Gasteiger partial charge on any atom is 0.341 e. The molecular formula is C18H22NO5S-. The Hall–Kier alpha value is -2.15. The highest BCUT2D eigenvalue weighted by Crippen LogP contribution is 2.35. The van der Waals surface area contributed by atoms with Crippen LogP contribution in [-0.2, 0) is 20.7 Å². The van der Waals surface area contributed by atoms with E-state index in [4.69, 9.17) is 4.74 Å². The van der Waals surface area contributed by atoms with Gasteiger partial charge in [-0.05, 0) is 38.7 Å². The molecule has 1 amide bonds. The molecule has 1 N–H and O–H groups in total. The zero-order valence-corrected chi connectivity index (χ0v) is 15.4. The van der Waals surface area contributed by atoms with Gasteiger partial charge in [0.05, 0.1) is 18.1 Å². The third-order valence-electron chi connectivity index (χ3n) is 4.35. The van der Waals surface area contributed by atoms with Crippen molar-refractivity contribution >= 4 is 34.2 Å². The van der Waals surface area contributed by atoms with E-state index in [9.17, 15) is 19.5 Å². The van der Waals surface area contributed by atoms with Gasteiger partial charge in [-0.3, -0.25) is 4.79 Å². The van der Waals surface area contributed by atoms with Crippen molar-refractivity contribution < 1.29 is 24.2 Å². The molecule has 0 bridgehead atoms. The molecule has 0 saturated heterocycles. The van der Waals surface area contributed by atoms with Crippen LogP contribution in [0.1, 0.15) is 47.5 Å². The lowest BCUT2D eigenvalue weighted by molar-refractivity contribution is -0.313. The highest BCUT2D eigenvalue weighted by atomic mass is 32.1. The molecule has 2 rings (SSSR count). The van der Waals surface area contributed by atoms with Crippen LogP contribution in [0.4, 0.5) is 5.00 Å². The van der Waals surface area contributed by atoms with Gasteiger partial charge in [0.2, 0.25) is 5.91 Å². The fourth-order valence-electron chi connectivity index (χ4n) is 3.08. The molecule has 1 heterocycles. The Labute approximate surface area is 150 Å². The molecule has 0 unspecified atom stereocenters. The van der Waals surface area contributed by atoms with Crippen LogP contribution in [0.5, 0.6) is 0 Å². The van der Waals surface area contributed by atoms with Gasteiger partial charge in [0.25, 0.3) is 0 Å². The molecule has 0 fully saturated rings. The number of nitrogens with one attached hydrogen (secondary N) is 1. The molecule has 1 aliphatic carbocycles. The summed E-state index contributed by atoms with van der Waals surface area (Å²) < 4.78 is 5.11. The summed E-state index contributed by atoms with van der Waals surface area (Å²) in [4.78, 5) is 37.2. The number of allylic oxidation sites excluding steroid dienone is 2. The highest BCUT2D eigenvalue weighted by Gasteiger charge is 2.32. The molecule has 0 saturated carbocycles. The third-order valence-corrected chi connectivity index (χ3v) is 5.41. The minimum Gasteiger partial charge on any atom is -0.550 e. The Bertz CT molecular complexity index is 707. The van der Waals surface area contributed by atoms with E-state index in [-0.39, 0.29) is 13.0 Å². The van der Waals surface area contributed by atoms with Crippen LogP contribution in [0.25, 0.3) is 0 Å². The lowest BCUT2D eigenvalue weighted by Crippen LogP contribution is -2.41. The molecule has 0 spiro atoms. The summed E-state index contributed by atoms with van der Waals surface area (Å²) in [6.07, 6.45) is 4.80. The van der Waals surface area contributed by atoms with E-state index in [0.717, 1.165) is 10.4 Å². The van der Waals surface area contributed by atoms with Gasteiger partial charge >= 0.3 is 5.97 Å². The lowest BCUT2D eigenvalue weighted by atomic mass is 9.82. The fourth-order valence-corrected chi connectivity index (χ4v) is 4.22. The average molecular weight is 364 g/mol. The minimum absolute atomic E-state index is 0.241. The van der Waals surface area contributed by atoms with Crippen molar-refractivity contribution in [2.45, 2.75) is 40.0 Å². The Morgan fingerprint density at radius 2 is 1.88 bits per heavy atom. The zero-order valence-electron chi connectivity index (χ0n) is 14.6. The van der Waals surface area contributed by atoms with Crippen LogP contribution >= 0.6 is 11.3 Å². The zero-order chi connectivity index (χ0) is 18.6.